The molecule has 1 aromatic heterocycles. The molecular weight excluding hydrogens is 164 g/mol. The van der Waals surface area contributed by atoms with Crippen LogP contribution < -0.4 is 5.56 Å². The maximum atomic E-state index is 11.0. The van der Waals surface area contributed by atoms with Gasteiger partial charge in [0.25, 0.3) is 5.56 Å². The number of aromatic nitrogens is 2. The Morgan fingerprint density at radius 3 is 3.08 bits per heavy atom. The van der Waals surface area contributed by atoms with Gasteiger partial charge in [-0.2, -0.15) is 0 Å². The van der Waals surface area contributed by atoms with Gasteiger partial charge in [-0.25, -0.2) is 4.98 Å². The minimum atomic E-state index is -0.145. The van der Waals surface area contributed by atoms with Crippen LogP contribution in [0.15, 0.2) is 29.2 Å². The van der Waals surface area contributed by atoms with E-state index < -0.39 is 0 Å². The molecule has 2 aromatic rings. The zero-order chi connectivity index (χ0) is 9.26. The van der Waals surface area contributed by atoms with E-state index in [0.29, 0.717) is 0 Å². The normalized spacial score (nSPS) is 10.5. The van der Waals surface area contributed by atoms with Gasteiger partial charge in [-0.05, 0) is 18.1 Å². The first-order valence-corrected chi connectivity index (χ1v) is 4.28. The molecule has 0 saturated heterocycles. The third kappa shape index (κ3) is 1.33. The van der Waals surface area contributed by atoms with Crippen LogP contribution in [0.25, 0.3) is 11.0 Å². The molecular formula is C10H10N2O. The van der Waals surface area contributed by atoms with Crippen molar-refractivity contribution in [3.63, 3.8) is 0 Å². The molecule has 0 aliphatic rings. The molecule has 1 aromatic carbocycles. The average Bonchev–Trinajstić information content (AvgIpc) is 2.17. The van der Waals surface area contributed by atoms with Gasteiger partial charge in [-0.15, -0.1) is 0 Å². The zero-order valence-corrected chi connectivity index (χ0v) is 7.37. The van der Waals surface area contributed by atoms with Gasteiger partial charge < -0.3 is 4.98 Å². The Labute approximate surface area is 75.4 Å². The predicted octanol–water partition coefficient (Wildman–Crippen LogP) is 1.49. The van der Waals surface area contributed by atoms with E-state index >= 15 is 0 Å². The Kier molecular flexibility index (Phi) is 1.85. The topological polar surface area (TPSA) is 45.8 Å². The summed E-state index contributed by atoms with van der Waals surface area (Å²) in [5.74, 6) is 0. The van der Waals surface area contributed by atoms with Crippen LogP contribution >= 0.6 is 0 Å². The van der Waals surface area contributed by atoms with E-state index in [1.54, 1.807) is 0 Å². The Hall–Kier alpha value is -1.64. The fourth-order valence-corrected chi connectivity index (χ4v) is 1.42. The summed E-state index contributed by atoms with van der Waals surface area (Å²) in [6, 6.07) is 5.84. The number of fused-ring (bicyclic) bond motifs is 1. The fraction of sp³-hybridized carbons (Fsp3) is 0.200. The highest BCUT2D eigenvalue weighted by Gasteiger charge is 1.99. The lowest BCUT2D eigenvalue weighted by Crippen LogP contribution is -2.06. The second kappa shape index (κ2) is 3.01. The molecule has 0 saturated carbocycles. The second-order valence-corrected chi connectivity index (χ2v) is 2.91. The van der Waals surface area contributed by atoms with Crippen molar-refractivity contribution in [2.24, 2.45) is 0 Å². The average molecular weight is 174 g/mol. The summed E-state index contributed by atoms with van der Waals surface area (Å²) < 4.78 is 0. The van der Waals surface area contributed by atoms with Crippen LogP contribution in [0.1, 0.15) is 12.5 Å². The molecule has 2 rings (SSSR count). The fourth-order valence-electron chi connectivity index (χ4n) is 1.42. The smallest absolute Gasteiger partial charge is 0.266 e. The number of aromatic amines is 1. The lowest BCUT2D eigenvalue weighted by molar-refractivity contribution is 1.12. The molecule has 0 aliphatic heterocycles. The molecule has 3 heteroatoms. The molecule has 0 radical (unpaired) electrons. The number of aryl methyl sites for hydroxylation is 1. The van der Waals surface area contributed by atoms with Gasteiger partial charge in [-0.3, -0.25) is 4.79 Å². The lowest BCUT2D eigenvalue weighted by Gasteiger charge is -2.01. The molecule has 1 N–H and O–H groups in total. The van der Waals surface area contributed by atoms with E-state index in [2.05, 4.69) is 16.9 Å². The number of hydrogen-bond donors (Lipinski definition) is 1. The predicted molar refractivity (Wildman–Crippen MR) is 51.7 cm³/mol. The summed E-state index contributed by atoms with van der Waals surface area (Å²) in [6.45, 7) is 2.06. The van der Waals surface area contributed by atoms with Crippen molar-refractivity contribution >= 4 is 11.0 Å². The Morgan fingerprint density at radius 2 is 2.31 bits per heavy atom. The summed E-state index contributed by atoms with van der Waals surface area (Å²) >= 11 is 0. The number of H-pyrrole nitrogens is 1. The maximum Gasteiger partial charge on any atom is 0.266 e. The Morgan fingerprint density at radius 1 is 1.46 bits per heavy atom. The quantitative estimate of drug-likeness (QED) is 0.711. The zero-order valence-electron chi connectivity index (χ0n) is 7.37. The van der Waals surface area contributed by atoms with Crippen LogP contribution in [-0.4, -0.2) is 9.97 Å². The van der Waals surface area contributed by atoms with Gasteiger partial charge in [0.2, 0.25) is 0 Å². The molecule has 3 nitrogen and oxygen atoms in total. The van der Waals surface area contributed by atoms with Crippen molar-refractivity contribution < 1.29 is 0 Å². The summed E-state index contributed by atoms with van der Waals surface area (Å²) in [4.78, 5) is 17.9. The van der Waals surface area contributed by atoms with Crippen LogP contribution in [0, 0.1) is 0 Å². The number of hydrogen-bond acceptors (Lipinski definition) is 2. The highest BCUT2D eigenvalue weighted by molar-refractivity contribution is 5.77. The number of rotatable bonds is 1. The molecule has 13 heavy (non-hydrogen) atoms. The second-order valence-electron chi connectivity index (χ2n) is 2.91. The Balaban J connectivity index is 2.87. The van der Waals surface area contributed by atoms with Crippen LogP contribution in [0.4, 0.5) is 0 Å². The largest absolute Gasteiger partial charge is 0.319 e. The molecule has 0 bridgehead atoms. The highest BCUT2D eigenvalue weighted by Crippen LogP contribution is 2.12. The summed E-state index contributed by atoms with van der Waals surface area (Å²) in [5, 5.41) is 0. The van der Waals surface area contributed by atoms with Crippen molar-refractivity contribution in [2.45, 2.75) is 13.3 Å². The number of para-hydroxylation sites is 1. The minimum absolute atomic E-state index is 0.145. The van der Waals surface area contributed by atoms with Crippen LogP contribution in [0.3, 0.4) is 0 Å². The van der Waals surface area contributed by atoms with E-state index in [1.165, 1.54) is 6.20 Å². The monoisotopic (exact) mass is 174 g/mol. The van der Waals surface area contributed by atoms with Crippen LogP contribution in [-0.2, 0) is 6.42 Å². The molecule has 66 valence electrons. The number of benzene rings is 1. The first-order valence-electron chi connectivity index (χ1n) is 4.28. The highest BCUT2D eigenvalue weighted by atomic mass is 16.1. The van der Waals surface area contributed by atoms with Crippen LogP contribution in [0.5, 0.6) is 0 Å². The third-order valence-corrected chi connectivity index (χ3v) is 2.08. The molecule has 0 aliphatic carbocycles. The minimum Gasteiger partial charge on any atom is -0.319 e. The molecule has 0 atom stereocenters. The van der Waals surface area contributed by atoms with E-state index in [1.807, 2.05) is 18.2 Å². The van der Waals surface area contributed by atoms with Gasteiger partial charge in [0.05, 0.1) is 17.2 Å². The molecule has 0 unspecified atom stereocenters. The maximum absolute atomic E-state index is 11.0. The molecule has 1 heterocycles. The van der Waals surface area contributed by atoms with E-state index in [-0.39, 0.29) is 5.56 Å². The summed E-state index contributed by atoms with van der Waals surface area (Å²) in [6.07, 6.45) is 2.21. The first kappa shape index (κ1) is 7.98. The van der Waals surface area contributed by atoms with Gasteiger partial charge in [0.15, 0.2) is 0 Å². The van der Waals surface area contributed by atoms with Crippen molar-refractivity contribution in [2.75, 3.05) is 0 Å². The first-order chi connectivity index (χ1) is 6.31. The number of nitrogens with zero attached hydrogens (tertiary/aromatic N) is 1. The van der Waals surface area contributed by atoms with Crippen LogP contribution in [0.2, 0.25) is 0 Å². The van der Waals surface area contributed by atoms with Gasteiger partial charge in [0.1, 0.15) is 0 Å². The lowest BCUT2D eigenvalue weighted by atomic mass is 10.1. The van der Waals surface area contributed by atoms with Crippen molar-refractivity contribution in [3.05, 3.63) is 40.3 Å². The van der Waals surface area contributed by atoms with Crippen molar-refractivity contribution in [3.8, 4) is 0 Å². The van der Waals surface area contributed by atoms with E-state index in [0.717, 1.165) is 23.0 Å². The van der Waals surface area contributed by atoms with E-state index in [9.17, 15) is 4.79 Å². The van der Waals surface area contributed by atoms with E-state index in [4.69, 9.17) is 0 Å². The standard InChI is InChI=1S/C10H10N2O/c1-2-7-4-3-5-8-10(7)12-9(13)6-11-8/h3-6H,2H2,1H3,(H,12,13). The Bertz CT molecular complexity index is 487. The SMILES string of the molecule is CCc1cccc2ncc(=O)[nH]c12. The van der Waals surface area contributed by atoms with Crippen molar-refractivity contribution in [1.29, 1.82) is 0 Å². The summed E-state index contributed by atoms with van der Waals surface area (Å²) in [5.41, 5.74) is 2.69. The molecule has 0 amide bonds. The number of nitrogens with one attached hydrogen (secondary N) is 1. The van der Waals surface area contributed by atoms with Gasteiger partial charge in [-0.1, -0.05) is 19.1 Å². The molecule has 0 spiro atoms. The molecule has 0 fully saturated rings. The summed E-state index contributed by atoms with van der Waals surface area (Å²) in [7, 11) is 0. The van der Waals surface area contributed by atoms with Gasteiger partial charge >= 0.3 is 0 Å². The van der Waals surface area contributed by atoms with Crippen molar-refractivity contribution in [1.82, 2.24) is 9.97 Å². The third-order valence-electron chi connectivity index (χ3n) is 2.08. The van der Waals surface area contributed by atoms with Gasteiger partial charge in [0, 0.05) is 0 Å².